The quantitative estimate of drug-likeness (QED) is 0.320. The maximum atomic E-state index is 7.05. The molecule has 0 bridgehead atoms. The van der Waals surface area contributed by atoms with E-state index in [1.54, 1.807) is 14.2 Å². The van der Waals surface area contributed by atoms with Gasteiger partial charge in [-0.15, -0.1) is 0 Å². The first-order chi connectivity index (χ1) is 16.3. The molecule has 36 heavy (non-hydrogen) atoms. The molecular weight excluding hydrogens is 480 g/mol. The summed E-state index contributed by atoms with van der Waals surface area (Å²) in [6.07, 6.45) is 0. The van der Waals surface area contributed by atoms with Crippen molar-refractivity contribution >= 4 is 22.2 Å². The second-order valence-electron chi connectivity index (χ2n) is 12.8. The normalized spacial score (nSPS) is 12.8. The van der Waals surface area contributed by atoms with Gasteiger partial charge in [0.2, 0.25) is 0 Å². The molecule has 0 aliphatic rings. The van der Waals surface area contributed by atoms with E-state index in [1.807, 2.05) is 12.1 Å². The van der Waals surface area contributed by atoms with Crippen LogP contribution in [0, 0.1) is 13.8 Å². The highest BCUT2D eigenvalue weighted by atomic mass is 28.4. The largest absolute Gasteiger partial charge is 0.541 e. The summed E-state index contributed by atoms with van der Waals surface area (Å²) in [6.45, 7) is 31.2. The van der Waals surface area contributed by atoms with Crippen molar-refractivity contribution in [1.29, 1.82) is 0 Å². The van der Waals surface area contributed by atoms with E-state index >= 15 is 0 Å². The summed E-state index contributed by atoms with van der Waals surface area (Å²) >= 11 is 0. The van der Waals surface area contributed by atoms with Crippen LogP contribution in [0.2, 0.25) is 36.3 Å². The Morgan fingerprint density at radius 1 is 0.722 bits per heavy atom. The number of methoxy groups -OCH3 is 2. The standard InChI is InChI=1S/C30H48O4Si2/c1-20-18-23(19-26(32-11)21(20)2)22(3)24-16-17-25(31-10)28(34-36(14,15)30(7,8)9)27(24)33-35(12,13)29(4,5)6/h16-19H,3H2,1-2,4-15H3. The van der Waals surface area contributed by atoms with E-state index in [1.165, 1.54) is 0 Å². The van der Waals surface area contributed by atoms with Gasteiger partial charge in [0, 0.05) is 5.56 Å². The summed E-state index contributed by atoms with van der Waals surface area (Å²) in [5.74, 6) is 2.95. The second-order valence-corrected chi connectivity index (χ2v) is 22.2. The van der Waals surface area contributed by atoms with Crippen molar-refractivity contribution in [1.82, 2.24) is 0 Å². The lowest BCUT2D eigenvalue weighted by molar-refractivity contribution is 0.373. The average Bonchev–Trinajstić information content (AvgIpc) is 2.74. The van der Waals surface area contributed by atoms with E-state index < -0.39 is 16.6 Å². The Morgan fingerprint density at radius 3 is 1.64 bits per heavy atom. The van der Waals surface area contributed by atoms with Crippen LogP contribution >= 0.6 is 0 Å². The third kappa shape index (κ3) is 6.02. The average molecular weight is 529 g/mol. The van der Waals surface area contributed by atoms with Crippen molar-refractivity contribution in [2.45, 2.75) is 91.7 Å². The lowest BCUT2D eigenvalue weighted by atomic mass is 9.95. The first-order valence-electron chi connectivity index (χ1n) is 12.7. The molecule has 6 heteroatoms. The molecule has 200 valence electrons. The summed E-state index contributed by atoms with van der Waals surface area (Å²) in [5, 5.41) is 0.0211. The zero-order valence-electron chi connectivity index (χ0n) is 25.1. The minimum absolute atomic E-state index is 0.00654. The van der Waals surface area contributed by atoms with Crippen molar-refractivity contribution in [2.24, 2.45) is 0 Å². The van der Waals surface area contributed by atoms with Gasteiger partial charge in [0.1, 0.15) is 5.75 Å². The number of aryl methyl sites for hydroxylation is 1. The Bertz CT molecular complexity index is 1120. The number of ether oxygens (including phenoxy) is 2. The fraction of sp³-hybridized carbons (Fsp3) is 0.533. The monoisotopic (exact) mass is 528 g/mol. The molecular formula is C30H48O4Si2. The highest BCUT2D eigenvalue weighted by Gasteiger charge is 2.43. The lowest BCUT2D eigenvalue weighted by Crippen LogP contribution is -2.46. The van der Waals surface area contributed by atoms with Crippen molar-refractivity contribution in [3.8, 4) is 23.0 Å². The molecule has 0 atom stereocenters. The molecule has 0 aliphatic carbocycles. The highest BCUT2D eigenvalue weighted by molar-refractivity contribution is 6.75. The van der Waals surface area contributed by atoms with E-state index in [-0.39, 0.29) is 10.1 Å². The third-order valence-corrected chi connectivity index (χ3v) is 16.8. The molecule has 0 saturated heterocycles. The molecule has 0 aromatic heterocycles. The predicted molar refractivity (Wildman–Crippen MR) is 159 cm³/mol. The number of rotatable bonds is 8. The van der Waals surface area contributed by atoms with E-state index in [9.17, 15) is 0 Å². The summed E-state index contributed by atoms with van der Waals surface area (Å²) in [6, 6.07) is 8.23. The van der Waals surface area contributed by atoms with Crippen molar-refractivity contribution in [3.05, 3.63) is 53.1 Å². The van der Waals surface area contributed by atoms with Crippen molar-refractivity contribution in [2.75, 3.05) is 14.2 Å². The molecule has 4 nitrogen and oxygen atoms in total. The Balaban J connectivity index is 2.86. The molecule has 0 aliphatic heterocycles. The van der Waals surface area contributed by atoms with Crippen LogP contribution in [0.25, 0.3) is 5.57 Å². The molecule has 0 amide bonds. The first-order valence-corrected chi connectivity index (χ1v) is 18.5. The Morgan fingerprint density at radius 2 is 1.19 bits per heavy atom. The van der Waals surface area contributed by atoms with Crippen LogP contribution in [0.4, 0.5) is 0 Å². The maximum Gasteiger partial charge on any atom is 0.250 e. The summed E-state index contributed by atoms with van der Waals surface area (Å²) in [5.41, 5.74) is 5.07. The molecule has 0 saturated carbocycles. The first kappa shape index (κ1) is 30.0. The Hall–Kier alpha value is -2.19. The van der Waals surface area contributed by atoms with Crippen LogP contribution in [0.5, 0.6) is 23.0 Å². The zero-order chi connectivity index (χ0) is 27.9. The Labute approximate surface area is 222 Å². The molecule has 0 unspecified atom stereocenters. The SMILES string of the molecule is C=C(c1cc(C)c(C)c(OC)c1)c1ccc(OC)c(O[Si](C)(C)C(C)(C)C)c1O[Si](C)(C)C(C)(C)C. The summed E-state index contributed by atoms with van der Waals surface area (Å²) in [4.78, 5) is 0. The van der Waals surface area contributed by atoms with Gasteiger partial charge in [0.25, 0.3) is 16.6 Å². The van der Waals surface area contributed by atoms with E-state index in [0.717, 1.165) is 39.3 Å². The highest BCUT2D eigenvalue weighted by Crippen LogP contribution is 2.50. The van der Waals surface area contributed by atoms with Crippen molar-refractivity contribution < 1.29 is 18.3 Å². The van der Waals surface area contributed by atoms with Crippen molar-refractivity contribution in [3.63, 3.8) is 0 Å². The molecule has 0 radical (unpaired) electrons. The van der Waals surface area contributed by atoms with Gasteiger partial charge in [-0.25, -0.2) is 0 Å². The summed E-state index contributed by atoms with van der Waals surface area (Å²) < 4.78 is 25.5. The zero-order valence-corrected chi connectivity index (χ0v) is 27.1. The van der Waals surface area contributed by atoms with Crippen LogP contribution in [0.15, 0.2) is 30.8 Å². The van der Waals surface area contributed by atoms with Gasteiger partial charge in [-0.3, -0.25) is 0 Å². The smallest absolute Gasteiger partial charge is 0.250 e. The summed E-state index contributed by atoms with van der Waals surface area (Å²) in [7, 11) is -1.05. The fourth-order valence-electron chi connectivity index (χ4n) is 3.33. The Kier molecular flexibility index (Phi) is 8.59. The van der Waals surface area contributed by atoms with Crippen LogP contribution < -0.4 is 18.3 Å². The third-order valence-electron chi connectivity index (χ3n) is 8.14. The minimum Gasteiger partial charge on any atom is -0.541 e. The number of hydrogen-bond donors (Lipinski definition) is 0. The molecule has 2 rings (SSSR count). The molecule has 0 heterocycles. The van der Waals surface area contributed by atoms with Gasteiger partial charge in [-0.1, -0.05) is 54.2 Å². The van der Waals surface area contributed by atoms with E-state index in [0.29, 0.717) is 11.5 Å². The molecule has 2 aromatic rings. The van der Waals surface area contributed by atoms with Gasteiger partial charge in [-0.05, 0) is 90.6 Å². The van der Waals surface area contributed by atoms with Gasteiger partial charge < -0.3 is 18.3 Å². The molecule has 0 N–H and O–H groups in total. The molecule has 0 spiro atoms. The molecule has 2 aromatic carbocycles. The number of benzene rings is 2. The maximum absolute atomic E-state index is 7.05. The molecule has 0 fully saturated rings. The van der Waals surface area contributed by atoms with Gasteiger partial charge in [0.05, 0.1) is 14.2 Å². The van der Waals surface area contributed by atoms with Crippen LogP contribution in [0.1, 0.15) is 63.8 Å². The van der Waals surface area contributed by atoms with Crippen LogP contribution in [-0.4, -0.2) is 30.9 Å². The minimum atomic E-state index is -2.24. The van der Waals surface area contributed by atoms with E-state index in [4.69, 9.17) is 18.3 Å². The van der Waals surface area contributed by atoms with Gasteiger partial charge in [0.15, 0.2) is 17.2 Å². The predicted octanol–water partition coefficient (Wildman–Crippen LogP) is 9.15. The number of hydrogen-bond acceptors (Lipinski definition) is 4. The van der Waals surface area contributed by atoms with Gasteiger partial charge >= 0.3 is 0 Å². The van der Waals surface area contributed by atoms with E-state index in [2.05, 4.69) is 100 Å². The fourth-order valence-corrected chi connectivity index (χ4v) is 5.36. The van der Waals surface area contributed by atoms with Crippen LogP contribution in [0.3, 0.4) is 0 Å². The topological polar surface area (TPSA) is 36.9 Å². The second kappa shape index (κ2) is 10.3. The lowest BCUT2D eigenvalue weighted by Gasteiger charge is -2.40. The van der Waals surface area contributed by atoms with Crippen LogP contribution in [-0.2, 0) is 0 Å². The van der Waals surface area contributed by atoms with Gasteiger partial charge in [-0.2, -0.15) is 0 Å².